The zero-order valence-corrected chi connectivity index (χ0v) is 7.65. The molecule has 0 amide bonds. The zero-order chi connectivity index (χ0) is 7.40. The van der Waals surface area contributed by atoms with Gasteiger partial charge < -0.3 is 4.74 Å². The number of hydrogen-bond acceptors (Lipinski definition) is 1. The Morgan fingerprint density at radius 2 is 2.20 bits per heavy atom. The standard InChI is InChI=1S/C8H11BrO/c1-10-6-8-3-2-7(4-8)5-9/h2-3H,4-6H2,1H3. The van der Waals surface area contributed by atoms with E-state index in [0.29, 0.717) is 0 Å². The number of alkyl halides is 1. The van der Waals surface area contributed by atoms with Crippen molar-refractivity contribution in [3.8, 4) is 0 Å². The summed E-state index contributed by atoms with van der Waals surface area (Å²) in [5.41, 5.74) is 2.81. The third kappa shape index (κ3) is 1.96. The van der Waals surface area contributed by atoms with Crippen LogP contribution in [0.5, 0.6) is 0 Å². The Labute approximate surface area is 69.9 Å². The lowest BCUT2D eigenvalue weighted by Gasteiger charge is -1.99. The maximum absolute atomic E-state index is 5.00. The first-order chi connectivity index (χ1) is 4.86. The summed E-state index contributed by atoms with van der Waals surface area (Å²) in [7, 11) is 1.73. The fourth-order valence-corrected chi connectivity index (χ4v) is 1.41. The van der Waals surface area contributed by atoms with Crippen LogP contribution < -0.4 is 0 Å². The van der Waals surface area contributed by atoms with E-state index in [0.717, 1.165) is 18.4 Å². The molecule has 0 aromatic heterocycles. The number of hydrogen-bond donors (Lipinski definition) is 0. The van der Waals surface area contributed by atoms with Gasteiger partial charge in [0.25, 0.3) is 0 Å². The number of rotatable bonds is 3. The number of methoxy groups -OCH3 is 1. The maximum atomic E-state index is 5.00. The fraction of sp³-hybridized carbons (Fsp3) is 0.500. The number of ether oxygens (including phenoxy) is 1. The first kappa shape index (κ1) is 8.02. The summed E-state index contributed by atoms with van der Waals surface area (Å²) in [5.74, 6) is 0. The fourth-order valence-electron chi connectivity index (χ4n) is 1.02. The van der Waals surface area contributed by atoms with Crippen molar-refractivity contribution >= 4 is 15.9 Å². The minimum atomic E-state index is 0.771. The minimum Gasteiger partial charge on any atom is -0.380 e. The van der Waals surface area contributed by atoms with Gasteiger partial charge in [0.2, 0.25) is 0 Å². The highest BCUT2D eigenvalue weighted by atomic mass is 79.9. The normalized spacial score (nSPS) is 17.0. The van der Waals surface area contributed by atoms with E-state index in [-0.39, 0.29) is 0 Å². The maximum Gasteiger partial charge on any atom is 0.0679 e. The predicted molar refractivity (Wildman–Crippen MR) is 46.5 cm³/mol. The summed E-state index contributed by atoms with van der Waals surface area (Å²) in [6, 6.07) is 0. The van der Waals surface area contributed by atoms with E-state index >= 15 is 0 Å². The second-order valence-corrected chi connectivity index (χ2v) is 2.95. The van der Waals surface area contributed by atoms with Crippen molar-refractivity contribution in [1.29, 1.82) is 0 Å². The van der Waals surface area contributed by atoms with Crippen LogP contribution in [0.15, 0.2) is 23.3 Å². The van der Waals surface area contributed by atoms with Gasteiger partial charge >= 0.3 is 0 Å². The number of halogens is 1. The Kier molecular flexibility index (Phi) is 3.16. The molecule has 0 aromatic rings. The molecule has 10 heavy (non-hydrogen) atoms. The van der Waals surface area contributed by atoms with Gasteiger partial charge in [-0.15, -0.1) is 0 Å². The van der Waals surface area contributed by atoms with Crippen LogP contribution in [0, 0.1) is 0 Å². The molecule has 2 heteroatoms. The van der Waals surface area contributed by atoms with E-state index in [2.05, 4.69) is 28.1 Å². The van der Waals surface area contributed by atoms with Gasteiger partial charge in [-0.1, -0.05) is 33.7 Å². The minimum absolute atomic E-state index is 0.771. The molecule has 0 bridgehead atoms. The quantitative estimate of drug-likeness (QED) is 0.639. The molecule has 0 N–H and O–H groups in total. The highest BCUT2D eigenvalue weighted by Crippen LogP contribution is 2.20. The van der Waals surface area contributed by atoms with E-state index in [1.807, 2.05) is 0 Å². The van der Waals surface area contributed by atoms with E-state index in [1.54, 1.807) is 7.11 Å². The summed E-state index contributed by atoms with van der Waals surface area (Å²) in [6.07, 6.45) is 5.38. The first-order valence-corrected chi connectivity index (χ1v) is 4.41. The van der Waals surface area contributed by atoms with Crippen LogP contribution in [0.3, 0.4) is 0 Å². The van der Waals surface area contributed by atoms with E-state index in [4.69, 9.17) is 4.74 Å². The summed E-state index contributed by atoms with van der Waals surface area (Å²) < 4.78 is 5.00. The summed E-state index contributed by atoms with van der Waals surface area (Å²) in [6.45, 7) is 0.771. The zero-order valence-electron chi connectivity index (χ0n) is 6.06. The molecule has 0 heterocycles. The monoisotopic (exact) mass is 202 g/mol. The molecule has 0 saturated heterocycles. The average molecular weight is 203 g/mol. The summed E-state index contributed by atoms with van der Waals surface area (Å²) >= 11 is 3.41. The lowest BCUT2D eigenvalue weighted by Crippen LogP contribution is -1.92. The Hall–Kier alpha value is -0.0800. The smallest absolute Gasteiger partial charge is 0.0679 e. The predicted octanol–water partition coefficient (Wildman–Crippen LogP) is 2.28. The van der Waals surface area contributed by atoms with Gasteiger partial charge in [-0.3, -0.25) is 0 Å². The van der Waals surface area contributed by atoms with Crippen molar-refractivity contribution in [1.82, 2.24) is 0 Å². The molecule has 1 nitrogen and oxygen atoms in total. The van der Waals surface area contributed by atoms with Crippen molar-refractivity contribution < 1.29 is 4.74 Å². The van der Waals surface area contributed by atoms with Crippen molar-refractivity contribution in [3.63, 3.8) is 0 Å². The summed E-state index contributed by atoms with van der Waals surface area (Å²) in [4.78, 5) is 0. The number of allylic oxidation sites excluding steroid dienone is 3. The van der Waals surface area contributed by atoms with Crippen LogP contribution in [0.2, 0.25) is 0 Å². The van der Waals surface area contributed by atoms with Crippen LogP contribution >= 0.6 is 15.9 Å². The molecular weight excluding hydrogens is 192 g/mol. The lowest BCUT2D eigenvalue weighted by atomic mass is 10.2. The molecule has 0 aromatic carbocycles. The van der Waals surface area contributed by atoms with Crippen LogP contribution in [0.1, 0.15) is 6.42 Å². The Bertz CT molecular complexity index is 170. The Balaban J connectivity index is 2.33. The van der Waals surface area contributed by atoms with E-state index in [1.165, 1.54) is 11.1 Å². The van der Waals surface area contributed by atoms with Crippen molar-refractivity contribution in [2.24, 2.45) is 0 Å². The third-order valence-corrected chi connectivity index (χ3v) is 2.23. The van der Waals surface area contributed by atoms with Gasteiger partial charge in [0.1, 0.15) is 0 Å². The molecule has 1 aliphatic rings. The van der Waals surface area contributed by atoms with Crippen molar-refractivity contribution in [2.75, 3.05) is 19.0 Å². The SMILES string of the molecule is COCC1=CC=C(CBr)C1. The van der Waals surface area contributed by atoms with Crippen LogP contribution in [-0.4, -0.2) is 19.0 Å². The molecule has 0 spiro atoms. The van der Waals surface area contributed by atoms with Gasteiger partial charge in [-0.2, -0.15) is 0 Å². The topological polar surface area (TPSA) is 9.23 Å². The van der Waals surface area contributed by atoms with Gasteiger partial charge in [0.15, 0.2) is 0 Å². The first-order valence-electron chi connectivity index (χ1n) is 3.29. The molecular formula is C8H11BrO. The van der Waals surface area contributed by atoms with Crippen molar-refractivity contribution in [3.05, 3.63) is 23.3 Å². The van der Waals surface area contributed by atoms with E-state index < -0.39 is 0 Å². The molecule has 0 radical (unpaired) electrons. The molecule has 0 atom stereocenters. The highest BCUT2D eigenvalue weighted by Gasteiger charge is 2.05. The van der Waals surface area contributed by atoms with Crippen LogP contribution in [0.4, 0.5) is 0 Å². The largest absolute Gasteiger partial charge is 0.380 e. The molecule has 0 fully saturated rings. The summed E-state index contributed by atoms with van der Waals surface area (Å²) in [5, 5.41) is 0.983. The molecule has 0 saturated carbocycles. The Morgan fingerprint density at radius 1 is 1.50 bits per heavy atom. The van der Waals surface area contributed by atoms with Crippen LogP contribution in [0.25, 0.3) is 0 Å². The molecule has 56 valence electrons. The van der Waals surface area contributed by atoms with Gasteiger partial charge in [0.05, 0.1) is 6.61 Å². The van der Waals surface area contributed by atoms with Gasteiger partial charge in [0, 0.05) is 12.4 Å². The Morgan fingerprint density at radius 3 is 2.70 bits per heavy atom. The lowest BCUT2D eigenvalue weighted by molar-refractivity contribution is 0.224. The van der Waals surface area contributed by atoms with Gasteiger partial charge in [-0.05, 0) is 12.0 Å². The molecule has 0 unspecified atom stereocenters. The average Bonchev–Trinajstić information content (AvgIpc) is 2.37. The molecule has 0 aliphatic heterocycles. The third-order valence-electron chi connectivity index (χ3n) is 1.51. The highest BCUT2D eigenvalue weighted by molar-refractivity contribution is 9.09. The second-order valence-electron chi connectivity index (χ2n) is 2.39. The molecule has 1 rings (SSSR count). The van der Waals surface area contributed by atoms with E-state index in [9.17, 15) is 0 Å². The van der Waals surface area contributed by atoms with Gasteiger partial charge in [-0.25, -0.2) is 0 Å². The van der Waals surface area contributed by atoms with Crippen molar-refractivity contribution in [2.45, 2.75) is 6.42 Å². The second kappa shape index (κ2) is 3.94. The molecule has 1 aliphatic carbocycles. The van der Waals surface area contributed by atoms with Crippen LogP contribution in [-0.2, 0) is 4.74 Å².